The lowest BCUT2D eigenvalue weighted by molar-refractivity contribution is -0.136. The summed E-state index contributed by atoms with van der Waals surface area (Å²) in [6.07, 6.45) is 4.05. The van der Waals surface area contributed by atoms with Crippen molar-refractivity contribution in [3.63, 3.8) is 0 Å². The van der Waals surface area contributed by atoms with E-state index >= 15 is 0 Å². The molecular formula is C37H40N8O9. The highest BCUT2D eigenvalue weighted by molar-refractivity contribution is 5.88. The van der Waals surface area contributed by atoms with E-state index in [2.05, 4.69) is 35.3 Å². The van der Waals surface area contributed by atoms with Crippen molar-refractivity contribution in [1.82, 2.24) is 40.4 Å². The van der Waals surface area contributed by atoms with Crippen LogP contribution in [0.3, 0.4) is 0 Å². The number of amides is 4. The zero-order valence-electron chi connectivity index (χ0n) is 29.3. The van der Waals surface area contributed by atoms with E-state index in [9.17, 15) is 29.4 Å². The van der Waals surface area contributed by atoms with E-state index < -0.39 is 49.3 Å². The molecule has 4 amide bonds. The number of aliphatic hydroxyl groups excluding tert-OH is 2. The van der Waals surface area contributed by atoms with Gasteiger partial charge < -0.3 is 54.9 Å². The van der Waals surface area contributed by atoms with Gasteiger partial charge in [0.2, 0.25) is 11.8 Å². The van der Waals surface area contributed by atoms with Crippen molar-refractivity contribution < 1.29 is 43.7 Å². The van der Waals surface area contributed by atoms with Crippen LogP contribution in [0.15, 0.2) is 65.3 Å². The number of aliphatic hydroxyl groups is 2. The highest BCUT2D eigenvalue weighted by atomic mass is 16.5. The molecular weight excluding hydrogens is 700 g/mol. The maximum atomic E-state index is 13.2. The Morgan fingerprint density at radius 2 is 1.35 bits per heavy atom. The topological polar surface area (TPSA) is 239 Å². The van der Waals surface area contributed by atoms with Crippen molar-refractivity contribution in [2.24, 2.45) is 0 Å². The maximum Gasteiger partial charge on any atom is 0.407 e. The van der Waals surface area contributed by atoms with Gasteiger partial charge in [-0.2, -0.15) is 0 Å². The molecule has 0 saturated carbocycles. The molecule has 2 aromatic carbocycles. The van der Waals surface area contributed by atoms with E-state index in [1.54, 1.807) is 22.2 Å². The summed E-state index contributed by atoms with van der Waals surface area (Å²) in [6, 6.07) is 12.5. The molecule has 5 heterocycles. The molecule has 5 aromatic rings. The highest BCUT2D eigenvalue weighted by Crippen LogP contribution is 2.36. The van der Waals surface area contributed by atoms with Gasteiger partial charge in [0.1, 0.15) is 35.1 Å². The normalized spacial score (nSPS) is 18.1. The molecule has 282 valence electrons. The number of furan rings is 1. The Labute approximate surface area is 308 Å². The fourth-order valence-electron chi connectivity index (χ4n) is 7.22. The summed E-state index contributed by atoms with van der Waals surface area (Å²) in [5, 5.41) is 33.7. The molecule has 2 aliphatic heterocycles. The van der Waals surface area contributed by atoms with Gasteiger partial charge in [-0.1, -0.05) is 24.3 Å². The van der Waals surface area contributed by atoms with Crippen LogP contribution in [-0.2, 0) is 14.3 Å². The molecule has 0 bridgehead atoms. The minimum absolute atomic E-state index is 0.338. The Bertz CT molecular complexity index is 2160. The van der Waals surface area contributed by atoms with Crippen LogP contribution < -0.4 is 10.6 Å². The number of aromatic nitrogens is 4. The number of carboxylic acid groups (broad SMARTS) is 1. The average molecular weight is 741 g/mol. The van der Waals surface area contributed by atoms with Crippen molar-refractivity contribution in [3.05, 3.63) is 72.6 Å². The monoisotopic (exact) mass is 740 g/mol. The molecule has 54 heavy (non-hydrogen) atoms. The predicted octanol–water partition coefficient (Wildman–Crippen LogP) is 3.55. The van der Waals surface area contributed by atoms with Gasteiger partial charge in [-0.05, 0) is 55.5 Å². The zero-order valence-corrected chi connectivity index (χ0v) is 29.3. The van der Waals surface area contributed by atoms with Gasteiger partial charge in [-0.25, -0.2) is 19.6 Å². The molecule has 0 radical (unpaired) electrons. The van der Waals surface area contributed by atoms with E-state index in [1.165, 1.54) is 7.11 Å². The number of carbonyl (C=O) groups excluding carboxylic acids is 3. The summed E-state index contributed by atoms with van der Waals surface area (Å²) in [7, 11) is 1.19. The predicted molar refractivity (Wildman–Crippen MR) is 193 cm³/mol. The highest BCUT2D eigenvalue weighted by Gasteiger charge is 2.37. The second-order valence-corrected chi connectivity index (χ2v) is 13.2. The second-order valence-electron chi connectivity index (χ2n) is 13.2. The van der Waals surface area contributed by atoms with Crippen molar-refractivity contribution in [2.75, 3.05) is 33.4 Å². The smallest absolute Gasteiger partial charge is 0.407 e. The van der Waals surface area contributed by atoms with Crippen molar-refractivity contribution in [3.8, 4) is 33.8 Å². The Morgan fingerprint density at radius 1 is 0.815 bits per heavy atom. The number of hydrogen-bond acceptors (Lipinski definition) is 10. The summed E-state index contributed by atoms with van der Waals surface area (Å²) in [5.41, 5.74) is 4.83. The number of fused-ring (bicyclic) bond motifs is 1. The first kappa shape index (κ1) is 36.2. The molecule has 17 heteroatoms. The third kappa shape index (κ3) is 7.22. The summed E-state index contributed by atoms with van der Waals surface area (Å²) in [5.74, 6) is 0.971. The molecule has 0 spiro atoms. The van der Waals surface area contributed by atoms with Crippen LogP contribution in [0.4, 0.5) is 9.59 Å². The fourth-order valence-corrected chi connectivity index (χ4v) is 7.22. The number of imidazole rings is 2. The van der Waals surface area contributed by atoms with E-state index in [4.69, 9.17) is 9.52 Å². The molecule has 2 unspecified atom stereocenters. The molecule has 2 fully saturated rings. The number of benzene rings is 2. The number of ether oxygens (including phenoxy) is 1. The lowest BCUT2D eigenvalue weighted by Gasteiger charge is -2.27. The van der Waals surface area contributed by atoms with Crippen molar-refractivity contribution in [1.29, 1.82) is 0 Å². The Morgan fingerprint density at radius 3 is 1.91 bits per heavy atom. The first-order valence-electron chi connectivity index (χ1n) is 17.6. The minimum Gasteiger partial charge on any atom is -0.465 e. The molecule has 7 N–H and O–H groups in total. The number of carbonyl (C=O) groups is 4. The van der Waals surface area contributed by atoms with Gasteiger partial charge in [0, 0.05) is 29.6 Å². The Balaban J connectivity index is 1.03. The van der Waals surface area contributed by atoms with Gasteiger partial charge in [0.25, 0.3) is 0 Å². The van der Waals surface area contributed by atoms with Gasteiger partial charge in [0.15, 0.2) is 0 Å². The van der Waals surface area contributed by atoms with Crippen molar-refractivity contribution in [2.45, 2.75) is 49.9 Å². The molecule has 2 aliphatic rings. The minimum atomic E-state index is -1.38. The SMILES string of the molecule is COC(=O)NC(CO)C(=O)N1CCC[C@H]1c1ncc(-c2ccc3oc(-c4ccc(-c5cnc([C@@H]6CCCN6C(=O)C(CO)NC(=O)O)[nH]5)cc4)cc3c2)[nH]1. The molecule has 7 rings (SSSR count). The molecule has 2 saturated heterocycles. The number of likely N-dealkylation sites (tertiary alicyclic amines) is 2. The van der Waals surface area contributed by atoms with Crippen LogP contribution in [0.5, 0.6) is 0 Å². The quantitative estimate of drug-likeness (QED) is 0.103. The van der Waals surface area contributed by atoms with Gasteiger partial charge in [0.05, 0.1) is 56.2 Å². The number of alkyl carbamates (subject to hydrolysis) is 1. The number of hydrogen-bond donors (Lipinski definition) is 7. The summed E-state index contributed by atoms with van der Waals surface area (Å²) in [4.78, 5) is 67.9. The van der Waals surface area contributed by atoms with Crippen LogP contribution >= 0.6 is 0 Å². The largest absolute Gasteiger partial charge is 0.465 e. The van der Waals surface area contributed by atoms with Crippen LogP contribution in [0.1, 0.15) is 49.4 Å². The van der Waals surface area contributed by atoms with Crippen molar-refractivity contribution >= 4 is 35.0 Å². The number of nitrogens with one attached hydrogen (secondary N) is 4. The zero-order chi connectivity index (χ0) is 37.9. The van der Waals surface area contributed by atoms with E-state index in [-0.39, 0.29) is 12.1 Å². The molecule has 0 aliphatic carbocycles. The van der Waals surface area contributed by atoms with E-state index in [1.807, 2.05) is 48.5 Å². The van der Waals surface area contributed by atoms with Crippen LogP contribution in [-0.4, -0.2) is 115 Å². The van der Waals surface area contributed by atoms with E-state index in [0.29, 0.717) is 48.9 Å². The maximum absolute atomic E-state index is 13.2. The standard InChI is InChI=1S/C37H40N8O9/c1-53-37(52)43-27(19-47)35(49)45-13-3-5-29(45)33-39-17-25(41-33)22-10-11-30-23(14-22)15-31(54-30)21-8-6-20(7-9-21)24-16-38-32(40-24)28-4-2-12-44(28)34(48)26(18-46)42-36(50)51/h6-11,14-17,26-29,42,46-47H,2-5,12-13,18-19H2,1H3,(H,38,40)(H,39,41)(H,43,52)(H,50,51)/t26?,27?,28-,29-/m0/s1. The third-order valence-corrected chi connectivity index (χ3v) is 9.94. The second kappa shape index (κ2) is 15.4. The van der Waals surface area contributed by atoms with Crippen LogP contribution in [0, 0.1) is 0 Å². The lowest BCUT2D eigenvalue weighted by atomic mass is 10.1. The number of nitrogens with zero attached hydrogens (tertiary/aromatic N) is 4. The van der Waals surface area contributed by atoms with Gasteiger partial charge >= 0.3 is 12.2 Å². The Kier molecular flexibility index (Phi) is 10.3. The fraction of sp³-hybridized carbons (Fsp3) is 0.351. The first-order valence-corrected chi connectivity index (χ1v) is 17.6. The number of aromatic amines is 2. The third-order valence-electron chi connectivity index (χ3n) is 9.94. The number of H-pyrrole nitrogens is 2. The summed E-state index contributed by atoms with van der Waals surface area (Å²) in [6.45, 7) is -0.297. The van der Waals surface area contributed by atoms with Crippen LogP contribution in [0.2, 0.25) is 0 Å². The molecule has 17 nitrogen and oxygen atoms in total. The Hall–Kier alpha value is -6.20. The van der Waals surface area contributed by atoms with E-state index in [0.717, 1.165) is 46.3 Å². The summed E-state index contributed by atoms with van der Waals surface area (Å²) >= 11 is 0. The van der Waals surface area contributed by atoms with Gasteiger partial charge in [-0.3, -0.25) is 9.59 Å². The number of methoxy groups -OCH3 is 1. The molecule has 3 aromatic heterocycles. The lowest BCUT2D eigenvalue weighted by Crippen LogP contribution is -2.50. The van der Waals surface area contributed by atoms with Crippen LogP contribution in [0.25, 0.3) is 44.8 Å². The van der Waals surface area contributed by atoms with Gasteiger partial charge in [-0.15, -0.1) is 0 Å². The summed E-state index contributed by atoms with van der Waals surface area (Å²) < 4.78 is 10.8. The number of rotatable bonds is 11. The average Bonchev–Trinajstić information content (AvgIpc) is 4.03. The molecule has 4 atom stereocenters. The first-order chi connectivity index (χ1) is 26.2.